The van der Waals surface area contributed by atoms with Gasteiger partial charge in [0.15, 0.2) is 0 Å². The summed E-state index contributed by atoms with van der Waals surface area (Å²) in [5.41, 5.74) is 0.923. The molecule has 19 heavy (non-hydrogen) atoms. The zero-order chi connectivity index (χ0) is 14.3. The first-order chi connectivity index (χ1) is 9.04. The summed E-state index contributed by atoms with van der Waals surface area (Å²) in [4.78, 5) is 23.7. The molecule has 1 aromatic rings. The molecule has 0 fully saturated rings. The van der Waals surface area contributed by atoms with Crippen molar-refractivity contribution in [2.75, 3.05) is 6.61 Å². The number of esters is 1. The third kappa shape index (κ3) is 5.12. The van der Waals surface area contributed by atoms with Gasteiger partial charge in [-0.15, -0.1) is 0 Å². The maximum absolute atomic E-state index is 11.9. The summed E-state index contributed by atoms with van der Waals surface area (Å²) >= 11 is 0. The molecule has 1 amide bonds. The second kappa shape index (κ2) is 7.56. The molecule has 0 bridgehead atoms. The Labute approximate surface area is 114 Å². The minimum atomic E-state index is -0.587. The van der Waals surface area contributed by atoms with Crippen molar-refractivity contribution in [2.45, 2.75) is 33.2 Å². The van der Waals surface area contributed by atoms with Gasteiger partial charge in [-0.05, 0) is 18.4 Å². The van der Waals surface area contributed by atoms with Crippen molar-refractivity contribution in [1.82, 2.24) is 5.32 Å². The van der Waals surface area contributed by atoms with Crippen LogP contribution >= 0.6 is 0 Å². The Bertz CT molecular complexity index is 415. The molecule has 1 rings (SSSR count). The van der Waals surface area contributed by atoms with E-state index in [-0.39, 0.29) is 24.2 Å². The number of carbonyl (C=O) groups is 2. The van der Waals surface area contributed by atoms with Gasteiger partial charge in [-0.3, -0.25) is 4.79 Å². The van der Waals surface area contributed by atoms with Crippen LogP contribution in [0.5, 0.6) is 0 Å². The van der Waals surface area contributed by atoms with E-state index in [1.165, 1.54) is 0 Å². The molecule has 0 heterocycles. The fourth-order valence-corrected chi connectivity index (χ4v) is 1.74. The highest BCUT2D eigenvalue weighted by Crippen LogP contribution is 2.06. The molecular formula is C15H21NO3. The molecule has 0 aromatic heterocycles. The molecule has 0 radical (unpaired) electrons. The van der Waals surface area contributed by atoms with E-state index in [2.05, 4.69) is 5.32 Å². The Morgan fingerprint density at radius 2 is 1.84 bits per heavy atom. The SMILES string of the molecule is CCOC(=O)[C@@H](NC(=O)Cc1ccccc1)C(C)C. The van der Waals surface area contributed by atoms with Gasteiger partial charge >= 0.3 is 5.97 Å². The van der Waals surface area contributed by atoms with Gasteiger partial charge in [0.05, 0.1) is 13.0 Å². The van der Waals surface area contributed by atoms with Crippen LogP contribution in [0.1, 0.15) is 26.3 Å². The van der Waals surface area contributed by atoms with Crippen LogP contribution in [0.3, 0.4) is 0 Å². The maximum Gasteiger partial charge on any atom is 0.328 e. The zero-order valence-electron chi connectivity index (χ0n) is 11.7. The summed E-state index contributed by atoms with van der Waals surface area (Å²) in [5, 5.41) is 2.74. The molecule has 0 saturated carbocycles. The van der Waals surface area contributed by atoms with Crippen LogP contribution < -0.4 is 5.32 Å². The Kier molecular flexibility index (Phi) is 6.06. The normalized spacial score (nSPS) is 12.0. The monoisotopic (exact) mass is 263 g/mol. The van der Waals surface area contributed by atoms with Gasteiger partial charge in [-0.2, -0.15) is 0 Å². The first-order valence-corrected chi connectivity index (χ1v) is 6.54. The summed E-state index contributed by atoms with van der Waals surface area (Å²) in [7, 11) is 0. The predicted molar refractivity (Wildman–Crippen MR) is 73.5 cm³/mol. The number of nitrogens with one attached hydrogen (secondary N) is 1. The van der Waals surface area contributed by atoms with Crippen LogP contribution in [0.25, 0.3) is 0 Å². The Balaban J connectivity index is 2.59. The van der Waals surface area contributed by atoms with E-state index >= 15 is 0 Å². The standard InChI is InChI=1S/C15H21NO3/c1-4-19-15(18)14(11(2)3)16-13(17)10-12-8-6-5-7-9-12/h5-9,11,14H,4,10H2,1-3H3,(H,16,17)/t14-/m0/s1. The molecule has 4 nitrogen and oxygen atoms in total. The summed E-state index contributed by atoms with van der Waals surface area (Å²) in [6, 6.07) is 8.85. The highest BCUT2D eigenvalue weighted by atomic mass is 16.5. The maximum atomic E-state index is 11.9. The molecule has 0 unspecified atom stereocenters. The van der Waals surface area contributed by atoms with E-state index in [1.807, 2.05) is 44.2 Å². The fourth-order valence-electron chi connectivity index (χ4n) is 1.74. The van der Waals surface area contributed by atoms with Gasteiger partial charge in [-0.1, -0.05) is 44.2 Å². The number of rotatable bonds is 6. The third-order valence-electron chi connectivity index (χ3n) is 2.73. The van der Waals surface area contributed by atoms with Crippen LogP contribution in [0.2, 0.25) is 0 Å². The minimum Gasteiger partial charge on any atom is -0.464 e. The predicted octanol–water partition coefficient (Wildman–Crippen LogP) is 1.93. The van der Waals surface area contributed by atoms with Gasteiger partial charge in [0.2, 0.25) is 5.91 Å². The van der Waals surface area contributed by atoms with Crippen molar-refractivity contribution in [3.63, 3.8) is 0 Å². The highest BCUT2D eigenvalue weighted by molar-refractivity contribution is 5.85. The first-order valence-electron chi connectivity index (χ1n) is 6.54. The molecular weight excluding hydrogens is 242 g/mol. The Morgan fingerprint density at radius 1 is 1.21 bits per heavy atom. The lowest BCUT2D eigenvalue weighted by molar-refractivity contribution is -0.148. The van der Waals surface area contributed by atoms with E-state index in [9.17, 15) is 9.59 Å². The molecule has 0 spiro atoms. The lowest BCUT2D eigenvalue weighted by atomic mass is 10.0. The number of ether oxygens (including phenoxy) is 1. The molecule has 104 valence electrons. The van der Waals surface area contributed by atoms with Gasteiger partial charge in [0.25, 0.3) is 0 Å². The smallest absolute Gasteiger partial charge is 0.328 e. The van der Waals surface area contributed by atoms with Crippen molar-refractivity contribution in [2.24, 2.45) is 5.92 Å². The fraction of sp³-hybridized carbons (Fsp3) is 0.467. The molecule has 1 atom stereocenters. The van der Waals surface area contributed by atoms with Crippen LogP contribution in [0, 0.1) is 5.92 Å². The summed E-state index contributed by atoms with van der Waals surface area (Å²) in [6.07, 6.45) is 0.267. The van der Waals surface area contributed by atoms with Crippen molar-refractivity contribution in [3.05, 3.63) is 35.9 Å². The van der Waals surface area contributed by atoms with E-state index in [1.54, 1.807) is 6.92 Å². The van der Waals surface area contributed by atoms with Crippen LogP contribution in [-0.4, -0.2) is 24.5 Å². The van der Waals surface area contributed by atoms with E-state index < -0.39 is 6.04 Å². The van der Waals surface area contributed by atoms with E-state index in [4.69, 9.17) is 4.74 Å². The number of carbonyl (C=O) groups excluding carboxylic acids is 2. The molecule has 4 heteroatoms. The lowest BCUT2D eigenvalue weighted by Gasteiger charge is -2.20. The minimum absolute atomic E-state index is 0.00114. The largest absolute Gasteiger partial charge is 0.464 e. The summed E-state index contributed by atoms with van der Waals surface area (Å²) < 4.78 is 4.96. The van der Waals surface area contributed by atoms with E-state index in [0.29, 0.717) is 6.61 Å². The highest BCUT2D eigenvalue weighted by Gasteiger charge is 2.25. The zero-order valence-corrected chi connectivity index (χ0v) is 11.7. The van der Waals surface area contributed by atoms with Gasteiger partial charge in [0.1, 0.15) is 6.04 Å². The molecule has 0 aliphatic heterocycles. The lowest BCUT2D eigenvalue weighted by Crippen LogP contribution is -2.45. The molecule has 1 aromatic carbocycles. The van der Waals surface area contributed by atoms with Crippen molar-refractivity contribution < 1.29 is 14.3 Å². The van der Waals surface area contributed by atoms with Gasteiger partial charge in [0, 0.05) is 0 Å². The van der Waals surface area contributed by atoms with Crippen molar-refractivity contribution >= 4 is 11.9 Å². The quantitative estimate of drug-likeness (QED) is 0.798. The third-order valence-corrected chi connectivity index (χ3v) is 2.73. The molecule has 1 N–H and O–H groups in total. The Morgan fingerprint density at radius 3 is 2.37 bits per heavy atom. The second-order valence-electron chi connectivity index (χ2n) is 4.70. The van der Waals surface area contributed by atoms with Crippen molar-refractivity contribution in [3.8, 4) is 0 Å². The average molecular weight is 263 g/mol. The number of hydrogen-bond donors (Lipinski definition) is 1. The molecule has 0 saturated heterocycles. The van der Waals surface area contributed by atoms with Gasteiger partial charge in [-0.25, -0.2) is 4.79 Å². The molecule has 0 aliphatic rings. The number of amides is 1. The Hall–Kier alpha value is -1.84. The van der Waals surface area contributed by atoms with Crippen LogP contribution in [-0.2, 0) is 20.7 Å². The van der Waals surface area contributed by atoms with Gasteiger partial charge < -0.3 is 10.1 Å². The molecule has 0 aliphatic carbocycles. The average Bonchev–Trinajstić information content (AvgIpc) is 2.37. The first kappa shape index (κ1) is 15.2. The van der Waals surface area contributed by atoms with E-state index in [0.717, 1.165) is 5.56 Å². The van der Waals surface area contributed by atoms with Crippen LogP contribution in [0.4, 0.5) is 0 Å². The topological polar surface area (TPSA) is 55.4 Å². The van der Waals surface area contributed by atoms with Crippen LogP contribution in [0.15, 0.2) is 30.3 Å². The number of hydrogen-bond acceptors (Lipinski definition) is 3. The second-order valence-corrected chi connectivity index (χ2v) is 4.70. The van der Waals surface area contributed by atoms with Crippen molar-refractivity contribution in [1.29, 1.82) is 0 Å². The number of benzene rings is 1. The summed E-state index contributed by atoms with van der Waals surface area (Å²) in [5.74, 6) is -0.546. The summed E-state index contributed by atoms with van der Waals surface area (Å²) in [6.45, 7) is 5.83.